The summed E-state index contributed by atoms with van der Waals surface area (Å²) in [4.78, 5) is 12.2. The molecule has 1 aromatic rings. The summed E-state index contributed by atoms with van der Waals surface area (Å²) in [6.07, 6.45) is 0.457. The van der Waals surface area contributed by atoms with Gasteiger partial charge in [0.2, 0.25) is 0 Å². The van der Waals surface area contributed by atoms with E-state index in [-0.39, 0.29) is 12.5 Å². The van der Waals surface area contributed by atoms with Crippen molar-refractivity contribution in [3.05, 3.63) is 34.9 Å². The third kappa shape index (κ3) is 4.57. The minimum Gasteiger partial charge on any atom is -0.395 e. The second kappa shape index (κ2) is 7.79. The molecular formula is C16H20N2O3. The van der Waals surface area contributed by atoms with E-state index >= 15 is 0 Å². The quantitative estimate of drug-likeness (QED) is 0.804. The van der Waals surface area contributed by atoms with Gasteiger partial charge in [-0.15, -0.1) is 0 Å². The predicted octanol–water partition coefficient (Wildman–Crippen LogP) is 0.706. The standard InChI is InChI=1S/C16H20N2O3/c1-13-12-15(6-5-14(13)4-2-3-9-19)16(20)17-18-7-10-21-11-8-18/h5-6,12,19H,3,7-11H2,1H3,(H,17,20). The van der Waals surface area contributed by atoms with Crippen LogP contribution in [0.15, 0.2) is 18.2 Å². The lowest BCUT2D eigenvalue weighted by Crippen LogP contribution is -2.48. The van der Waals surface area contributed by atoms with E-state index in [0.29, 0.717) is 38.3 Å². The first-order valence-corrected chi connectivity index (χ1v) is 7.05. The molecule has 1 saturated heterocycles. The van der Waals surface area contributed by atoms with Gasteiger partial charge in [-0.05, 0) is 30.7 Å². The lowest BCUT2D eigenvalue weighted by molar-refractivity contribution is 0.0126. The Balaban J connectivity index is 2.01. The summed E-state index contributed by atoms with van der Waals surface area (Å²) in [5.74, 6) is 5.76. The number of nitrogens with one attached hydrogen (secondary N) is 1. The minimum absolute atomic E-state index is 0.0616. The number of morpholine rings is 1. The molecule has 5 nitrogen and oxygen atoms in total. The lowest BCUT2D eigenvalue weighted by Gasteiger charge is -2.26. The van der Waals surface area contributed by atoms with Gasteiger partial charge in [0.05, 0.1) is 19.8 Å². The largest absolute Gasteiger partial charge is 0.395 e. The third-order valence-corrected chi connectivity index (χ3v) is 3.22. The molecule has 0 aromatic heterocycles. The van der Waals surface area contributed by atoms with Crippen LogP contribution in [-0.4, -0.2) is 48.9 Å². The molecule has 1 amide bonds. The number of carbonyl (C=O) groups excluding carboxylic acids is 1. The van der Waals surface area contributed by atoms with Crippen LogP contribution >= 0.6 is 0 Å². The molecule has 0 radical (unpaired) electrons. The number of hydrazine groups is 1. The van der Waals surface area contributed by atoms with E-state index in [0.717, 1.165) is 11.1 Å². The van der Waals surface area contributed by atoms with Crippen LogP contribution in [0.1, 0.15) is 27.9 Å². The Labute approximate surface area is 124 Å². The lowest BCUT2D eigenvalue weighted by atomic mass is 10.0. The van der Waals surface area contributed by atoms with E-state index in [2.05, 4.69) is 17.3 Å². The summed E-state index contributed by atoms with van der Waals surface area (Å²) in [6.45, 7) is 4.67. The number of aliphatic hydroxyl groups is 1. The van der Waals surface area contributed by atoms with Crippen LogP contribution in [-0.2, 0) is 4.74 Å². The highest BCUT2D eigenvalue weighted by atomic mass is 16.5. The van der Waals surface area contributed by atoms with Crippen LogP contribution in [0.25, 0.3) is 0 Å². The van der Waals surface area contributed by atoms with Gasteiger partial charge in [0.25, 0.3) is 5.91 Å². The monoisotopic (exact) mass is 288 g/mol. The topological polar surface area (TPSA) is 61.8 Å². The second-order valence-corrected chi connectivity index (χ2v) is 4.85. The fourth-order valence-corrected chi connectivity index (χ4v) is 2.04. The third-order valence-electron chi connectivity index (χ3n) is 3.22. The van der Waals surface area contributed by atoms with Crippen molar-refractivity contribution >= 4 is 5.91 Å². The van der Waals surface area contributed by atoms with E-state index in [1.807, 2.05) is 24.1 Å². The molecule has 0 atom stereocenters. The smallest absolute Gasteiger partial charge is 0.265 e. The van der Waals surface area contributed by atoms with E-state index in [9.17, 15) is 4.79 Å². The summed E-state index contributed by atoms with van der Waals surface area (Å²) in [7, 11) is 0. The molecule has 1 aliphatic rings. The van der Waals surface area contributed by atoms with Crippen molar-refractivity contribution < 1.29 is 14.6 Å². The van der Waals surface area contributed by atoms with Crippen LogP contribution in [0, 0.1) is 18.8 Å². The molecule has 5 heteroatoms. The van der Waals surface area contributed by atoms with Gasteiger partial charge in [-0.2, -0.15) is 0 Å². The number of ether oxygens (including phenoxy) is 1. The molecule has 0 aliphatic carbocycles. The Hall–Kier alpha value is -1.87. The summed E-state index contributed by atoms with van der Waals surface area (Å²) in [5, 5.41) is 10.6. The number of amides is 1. The molecule has 21 heavy (non-hydrogen) atoms. The highest BCUT2D eigenvalue weighted by Gasteiger charge is 2.14. The average molecular weight is 288 g/mol. The first-order chi connectivity index (χ1) is 10.2. The van der Waals surface area contributed by atoms with Crippen molar-refractivity contribution in [1.29, 1.82) is 0 Å². The Morgan fingerprint density at radius 2 is 2.19 bits per heavy atom. The zero-order valence-electron chi connectivity index (χ0n) is 12.2. The highest BCUT2D eigenvalue weighted by Crippen LogP contribution is 2.10. The first kappa shape index (κ1) is 15.5. The fourth-order valence-electron chi connectivity index (χ4n) is 2.04. The van der Waals surface area contributed by atoms with Crippen molar-refractivity contribution in [3.8, 4) is 11.8 Å². The number of nitrogens with zero attached hydrogens (tertiary/aromatic N) is 1. The highest BCUT2D eigenvalue weighted by molar-refractivity contribution is 5.94. The molecule has 1 fully saturated rings. The number of aryl methyl sites for hydroxylation is 1. The predicted molar refractivity (Wildman–Crippen MR) is 79.6 cm³/mol. The molecule has 0 spiro atoms. The molecule has 1 aromatic carbocycles. The Kier molecular flexibility index (Phi) is 5.76. The second-order valence-electron chi connectivity index (χ2n) is 4.85. The van der Waals surface area contributed by atoms with Crippen LogP contribution in [0.3, 0.4) is 0 Å². The Bertz CT molecular complexity index is 554. The maximum absolute atomic E-state index is 12.2. The summed E-state index contributed by atoms with van der Waals surface area (Å²) in [6, 6.07) is 5.44. The normalized spacial score (nSPS) is 15.1. The fraction of sp³-hybridized carbons (Fsp3) is 0.438. The first-order valence-electron chi connectivity index (χ1n) is 7.05. The molecule has 0 saturated carbocycles. The maximum Gasteiger partial charge on any atom is 0.265 e. The van der Waals surface area contributed by atoms with Crippen LogP contribution in [0.2, 0.25) is 0 Å². The Morgan fingerprint density at radius 3 is 2.86 bits per heavy atom. The molecule has 112 valence electrons. The van der Waals surface area contributed by atoms with Gasteiger partial charge in [-0.1, -0.05) is 11.8 Å². The molecule has 0 unspecified atom stereocenters. The van der Waals surface area contributed by atoms with E-state index in [4.69, 9.17) is 9.84 Å². The zero-order chi connectivity index (χ0) is 15.1. The Morgan fingerprint density at radius 1 is 1.43 bits per heavy atom. The summed E-state index contributed by atoms with van der Waals surface area (Å²) >= 11 is 0. The summed E-state index contributed by atoms with van der Waals surface area (Å²) in [5.41, 5.74) is 5.33. The van der Waals surface area contributed by atoms with Crippen LogP contribution in [0.5, 0.6) is 0 Å². The van der Waals surface area contributed by atoms with Gasteiger partial charge in [-0.3, -0.25) is 10.2 Å². The number of carbonyl (C=O) groups is 1. The number of hydrogen-bond donors (Lipinski definition) is 2. The van der Waals surface area contributed by atoms with Gasteiger partial charge < -0.3 is 9.84 Å². The van der Waals surface area contributed by atoms with E-state index < -0.39 is 0 Å². The van der Waals surface area contributed by atoms with Crippen molar-refractivity contribution in [3.63, 3.8) is 0 Å². The van der Waals surface area contributed by atoms with Gasteiger partial charge in [-0.25, -0.2) is 5.01 Å². The number of rotatable bonds is 3. The summed E-state index contributed by atoms with van der Waals surface area (Å²) < 4.78 is 5.24. The average Bonchev–Trinajstić information content (AvgIpc) is 2.50. The SMILES string of the molecule is Cc1cc(C(=O)NN2CCOCC2)ccc1C#CCCO. The molecule has 0 bridgehead atoms. The molecule has 2 N–H and O–H groups in total. The minimum atomic E-state index is -0.116. The number of benzene rings is 1. The molecular weight excluding hydrogens is 268 g/mol. The van der Waals surface area contributed by atoms with Crippen molar-refractivity contribution in [2.24, 2.45) is 0 Å². The van der Waals surface area contributed by atoms with Crippen molar-refractivity contribution in [2.75, 3.05) is 32.9 Å². The van der Waals surface area contributed by atoms with Crippen molar-refractivity contribution in [2.45, 2.75) is 13.3 Å². The van der Waals surface area contributed by atoms with Gasteiger partial charge in [0.1, 0.15) is 0 Å². The zero-order valence-corrected chi connectivity index (χ0v) is 12.2. The van der Waals surface area contributed by atoms with Crippen LogP contribution in [0.4, 0.5) is 0 Å². The molecule has 1 aliphatic heterocycles. The van der Waals surface area contributed by atoms with Gasteiger partial charge >= 0.3 is 0 Å². The van der Waals surface area contributed by atoms with Gasteiger partial charge in [0, 0.05) is 30.6 Å². The molecule has 2 rings (SSSR count). The van der Waals surface area contributed by atoms with Crippen molar-refractivity contribution in [1.82, 2.24) is 10.4 Å². The van der Waals surface area contributed by atoms with E-state index in [1.54, 1.807) is 6.07 Å². The number of hydrogen-bond acceptors (Lipinski definition) is 4. The molecule has 1 heterocycles. The van der Waals surface area contributed by atoms with Gasteiger partial charge in [0.15, 0.2) is 0 Å². The number of aliphatic hydroxyl groups excluding tert-OH is 1. The van der Waals surface area contributed by atoms with E-state index in [1.165, 1.54) is 0 Å². The van der Waals surface area contributed by atoms with Crippen LogP contribution < -0.4 is 5.43 Å². The maximum atomic E-state index is 12.2.